The van der Waals surface area contributed by atoms with E-state index < -0.39 is 11.9 Å². The number of hydrogen-bond donors (Lipinski definition) is 1. The van der Waals surface area contributed by atoms with E-state index in [2.05, 4.69) is 25.8 Å². The molecule has 0 saturated heterocycles. The third kappa shape index (κ3) is 2.98. The highest BCUT2D eigenvalue weighted by molar-refractivity contribution is 9.10. The van der Waals surface area contributed by atoms with Gasteiger partial charge in [0.15, 0.2) is 0 Å². The number of methoxy groups -OCH3 is 1. The topological polar surface area (TPSA) is 77.3 Å². The molecule has 1 aromatic rings. The molecule has 1 unspecified atom stereocenters. The Morgan fingerprint density at radius 2 is 2.32 bits per heavy atom. The second-order valence-electron chi connectivity index (χ2n) is 4.16. The number of ether oxygens (including phenoxy) is 2. The highest BCUT2D eigenvalue weighted by Crippen LogP contribution is 2.31. The Kier molecular flexibility index (Phi) is 3.66. The Morgan fingerprint density at radius 1 is 1.58 bits per heavy atom. The molecular formula is C12H12BrNO5. The van der Waals surface area contributed by atoms with Gasteiger partial charge in [-0.05, 0) is 34.1 Å². The van der Waals surface area contributed by atoms with E-state index in [9.17, 15) is 4.79 Å². The van der Waals surface area contributed by atoms with Crippen molar-refractivity contribution in [1.29, 1.82) is 0 Å². The lowest BCUT2D eigenvalue weighted by Gasteiger charge is -2.19. The van der Waals surface area contributed by atoms with Crippen LogP contribution in [0.25, 0.3) is 0 Å². The average Bonchev–Trinajstić information content (AvgIpc) is 2.70. The second-order valence-corrected chi connectivity index (χ2v) is 5.01. The van der Waals surface area contributed by atoms with E-state index >= 15 is 0 Å². The maximum Gasteiger partial charge on any atom is 0.509 e. The Morgan fingerprint density at radius 3 is 2.89 bits per heavy atom. The van der Waals surface area contributed by atoms with Crippen molar-refractivity contribution in [3.05, 3.63) is 28.2 Å². The normalized spacial score (nSPS) is 21.5. The standard InChI is InChI=1S/C12H12BrNO5/c1-12(18-11(15)16)6-9(14-19-12)7-3-4-10(17-2)8(13)5-7/h3-5H,6H2,1-2H3,(H,15,16). The lowest BCUT2D eigenvalue weighted by Crippen LogP contribution is -2.31. The zero-order valence-electron chi connectivity index (χ0n) is 10.3. The third-order valence-electron chi connectivity index (χ3n) is 2.63. The molecule has 0 saturated carbocycles. The summed E-state index contributed by atoms with van der Waals surface area (Å²) < 4.78 is 10.6. The van der Waals surface area contributed by atoms with Gasteiger partial charge in [-0.25, -0.2) is 4.79 Å². The Bertz CT molecular complexity index is 545. The fourth-order valence-corrected chi connectivity index (χ4v) is 2.30. The largest absolute Gasteiger partial charge is 0.509 e. The molecule has 19 heavy (non-hydrogen) atoms. The van der Waals surface area contributed by atoms with Crippen molar-refractivity contribution in [2.75, 3.05) is 7.11 Å². The van der Waals surface area contributed by atoms with E-state index in [0.29, 0.717) is 11.5 Å². The van der Waals surface area contributed by atoms with Crippen molar-refractivity contribution in [2.45, 2.75) is 19.1 Å². The molecule has 0 amide bonds. The summed E-state index contributed by atoms with van der Waals surface area (Å²) in [6.45, 7) is 1.52. The van der Waals surface area contributed by atoms with E-state index in [1.807, 2.05) is 12.1 Å². The molecule has 1 atom stereocenters. The predicted octanol–water partition coefficient (Wildman–Crippen LogP) is 2.99. The Labute approximate surface area is 118 Å². The summed E-state index contributed by atoms with van der Waals surface area (Å²) >= 11 is 3.38. The molecule has 1 aromatic carbocycles. The van der Waals surface area contributed by atoms with Crippen LogP contribution in [-0.4, -0.2) is 29.9 Å². The SMILES string of the molecule is COc1ccc(C2=NOC(C)(OC(=O)O)C2)cc1Br. The van der Waals surface area contributed by atoms with Gasteiger partial charge >= 0.3 is 6.16 Å². The van der Waals surface area contributed by atoms with E-state index in [1.165, 1.54) is 6.92 Å². The summed E-state index contributed by atoms with van der Waals surface area (Å²) in [5.74, 6) is -0.569. The van der Waals surface area contributed by atoms with Gasteiger partial charge in [0.2, 0.25) is 0 Å². The van der Waals surface area contributed by atoms with Crippen molar-refractivity contribution in [3.8, 4) is 5.75 Å². The van der Waals surface area contributed by atoms with Crippen LogP contribution in [0.1, 0.15) is 18.9 Å². The highest BCUT2D eigenvalue weighted by Gasteiger charge is 2.38. The lowest BCUT2D eigenvalue weighted by atomic mass is 10.0. The fraction of sp³-hybridized carbons (Fsp3) is 0.333. The molecule has 0 aliphatic carbocycles. The van der Waals surface area contributed by atoms with E-state index in [4.69, 9.17) is 14.7 Å². The van der Waals surface area contributed by atoms with Gasteiger partial charge in [-0.15, -0.1) is 0 Å². The van der Waals surface area contributed by atoms with E-state index in [0.717, 1.165) is 10.0 Å². The van der Waals surface area contributed by atoms with Crippen LogP contribution < -0.4 is 4.74 Å². The van der Waals surface area contributed by atoms with Crippen LogP contribution >= 0.6 is 15.9 Å². The van der Waals surface area contributed by atoms with Crippen molar-refractivity contribution in [1.82, 2.24) is 0 Å². The quantitative estimate of drug-likeness (QED) is 0.862. The average molecular weight is 330 g/mol. The van der Waals surface area contributed by atoms with Crippen molar-refractivity contribution in [2.24, 2.45) is 5.16 Å². The molecule has 0 bridgehead atoms. The Balaban J connectivity index is 2.17. The number of oxime groups is 1. The van der Waals surface area contributed by atoms with Crippen molar-refractivity contribution < 1.29 is 24.2 Å². The first-order chi connectivity index (χ1) is 8.93. The van der Waals surface area contributed by atoms with Gasteiger partial charge in [0.05, 0.1) is 23.7 Å². The maximum atomic E-state index is 10.6. The number of rotatable bonds is 3. The minimum absolute atomic E-state index is 0.248. The highest BCUT2D eigenvalue weighted by atomic mass is 79.9. The number of benzene rings is 1. The first-order valence-corrected chi connectivity index (χ1v) is 6.24. The number of hydrogen-bond acceptors (Lipinski definition) is 5. The molecule has 0 radical (unpaired) electrons. The molecule has 1 N–H and O–H groups in total. The number of carbonyl (C=O) groups is 1. The van der Waals surface area contributed by atoms with Gasteiger partial charge in [-0.2, -0.15) is 0 Å². The van der Waals surface area contributed by atoms with Gasteiger partial charge in [0.25, 0.3) is 5.79 Å². The fourth-order valence-electron chi connectivity index (χ4n) is 1.76. The summed E-state index contributed by atoms with van der Waals surface area (Å²) in [5, 5.41) is 12.5. The van der Waals surface area contributed by atoms with Crippen molar-refractivity contribution in [3.63, 3.8) is 0 Å². The molecule has 0 aromatic heterocycles. The monoisotopic (exact) mass is 329 g/mol. The van der Waals surface area contributed by atoms with Crippen LogP contribution in [0.5, 0.6) is 5.75 Å². The van der Waals surface area contributed by atoms with Crippen molar-refractivity contribution >= 4 is 27.8 Å². The molecule has 0 fully saturated rings. The van der Waals surface area contributed by atoms with Gasteiger partial charge in [-0.3, -0.25) is 0 Å². The molecule has 7 heteroatoms. The van der Waals surface area contributed by atoms with Crippen LogP contribution in [0.3, 0.4) is 0 Å². The van der Waals surface area contributed by atoms with Gasteiger partial charge in [-0.1, -0.05) is 5.16 Å². The number of halogens is 1. The smallest absolute Gasteiger partial charge is 0.496 e. The number of carboxylic acid groups (broad SMARTS) is 1. The minimum atomic E-state index is -1.39. The molecule has 0 spiro atoms. The lowest BCUT2D eigenvalue weighted by molar-refractivity contribution is -0.180. The first-order valence-electron chi connectivity index (χ1n) is 5.44. The summed E-state index contributed by atoms with van der Waals surface area (Å²) in [4.78, 5) is 15.6. The van der Waals surface area contributed by atoms with Crippen LogP contribution in [-0.2, 0) is 9.57 Å². The molecule has 2 rings (SSSR count). The molecule has 6 nitrogen and oxygen atoms in total. The zero-order chi connectivity index (χ0) is 14.0. The summed E-state index contributed by atoms with van der Waals surface area (Å²) in [5.41, 5.74) is 1.43. The number of nitrogens with zero attached hydrogens (tertiary/aromatic N) is 1. The van der Waals surface area contributed by atoms with Gasteiger partial charge < -0.3 is 19.4 Å². The summed E-state index contributed by atoms with van der Waals surface area (Å²) in [6.07, 6.45) is -1.15. The first kappa shape index (κ1) is 13.7. The van der Waals surface area contributed by atoms with Crippen LogP contribution in [0.2, 0.25) is 0 Å². The summed E-state index contributed by atoms with van der Waals surface area (Å²) in [7, 11) is 1.58. The predicted molar refractivity (Wildman–Crippen MR) is 70.4 cm³/mol. The second kappa shape index (κ2) is 5.08. The minimum Gasteiger partial charge on any atom is -0.496 e. The molecule has 1 aliphatic rings. The Hall–Kier alpha value is -1.76. The van der Waals surface area contributed by atoms with Gasteiger partial charge in [0.1, 0.15) is 5.75 Å². The zero-order valence-corrected chi connectivity index (χ0v) is 11.9. The third-order valence-corrected chi connectivity index (χ3v) is 3.25. The van der Waals surface area contributed by atoms with E-state index in [-0.39, 0.29) is 6.42 Å². The maximum absolute atomic E-state index is 10.6. The van der Waals surface area contributed by atoms with Crippen LogP contribution in [0.15, 0.2) is 27.8 Å². The van der Waals surface area contributed by atoms with Gasteiger partial charge in [0, 0.05) is 12.5 Å². The molecule has 1 aliphatic heterocycles. The van der Waals surface area contributed by atoms with E-state index in [1.54, 1.807) is 13.2 Å². The molecule has 102 valence electrons. The molecule has 1 heterocycles. The molecular weight excluding hydrogens is 318 g/mol. The van der Waals surface area contributed by atoms with Crippen LogP contribution in [0, 0.1) is 0 Å². The van der Waals surface area contributed by atoms with Crippen LogP contribution in [0.4, 0.5) is 4.79 Å². The summed E-state index contributed by atoms with van der Waals surface area (Å²) in [6, 6.07) is 5.43.